The van der Waals surface area contributed by atoms with E-state index in [-0.39, 0.29) is 30.7 Å². The van der Waals surface area contributed by atoms with Crippen LogP contribution in [-0.2, 0) is 15.8 Å². The lowest BCUT2D eigenvalue weighted by molar-refractivity contribution is -0.141. The zero-order chi connectivity index (χ0) is 18.4. The second-order valence-corrected chi connectivity index (χ2v) is 5.98. The zero-order valence-electron chi connectivity index (χ0n) is 13.6. The maximum Gasteiger partial charge on any atom is 0.416 e. The van der Waals surface area contributed by atoms with Gasteiger partial charge in [0.2, 0.25) is 0 Å². The summed E-state index contributed by atoms with van der Waals surface area (Å²) in [4.78, 5) is 24.6. The molecule has 1 fully saturated rings. The summed E-state index contributed by atoms with van der Waals surface area (Å²) in [6, 6.07) is 4.20. The van der Waals surface area contributed by atoms with Crippen LogP contribution in [0.5, 0.6) is 5.75 Å². The molecule has 0 radical (unpaired) electrons. The Balaban J connectivity index is 1.95. The van der Waals surface area contributed by atoms with Gasteiger partial charge in [-0.25, -0.2) is 0 Å². The zero-order valence-corrected chi connectivity index (χ0v) is 13.6. The highest BCUT2D eigenvalue weighted by atomic mass is 19.4. The number of aliphatic carboxylic acids is 1. The van der Waals surface area contributed by atoms with Crippen LogP contribution in [0, 0.1) is 0 Å². The number of amides is 1. The molecule has 1 aliphatic heterocycles. The molecule has 0 aromatic heterocycles. The Morgan fingerprint density at radius 2 is 2.04 bits per heavy atom. The van der Waals surface area contributed by atoms with Crippen molar-refractivity contribution >= 4 is 11.9 Å². The number of carbonyl (C=O) groups excluding carboxylic acids is 1. The van der Waals surface area contributed by atoms with E-state index in [4.69, 9.17) is 9.84 Å². The Kier molecular flexibility index (Phi) is 6.27. The quantitative estimate of drug-likeness (QED) is 0.846. The molecule has 0 aliphatic carbocycles. The fraction of sp³-hybridized carbons (Fsp3) is 0.529. The van der Waals surface area contributed by atoms with E-state index >= 15 is 0 Å². The average molecular weight is 359 g/mol. The third-order valence-electron chi connectivity index (χ3n) is 4.16. The lowest BCUT2D eigenvalue weighted by Crippen LogP contribution is -2.46. The van der Waals surface area contributed by atoms with E-state index in [1.807, 2.05) is 0 Å². The number of carboxylic acid groups (broad SMARTS) is 1. The van der Waals surface area contributed by atoms with Crippen molar-refractivity contribution in [3.63, 3.8) is 0 Å². The van der Waals surface area contributed by atoms with Gasteiger partial charge in [-0.3, -0.25) is 9.59 Å². The van der Waals surface area contributed by atoms with Crippen LogP contribution in [0.15, 0.2) is 24.3 Å². The monoisotopic (exact) mass is 359 g/mol. The molecule has 1 amide bonds. The van der Waals surface area contributed by atoms with E-state index in [1.54, 1.807) is 4.90 Å². The van der Waals surface area contributed by atoms with E-state index in [1.165, 1.54) is 12.1 Å². The first-order chi connectivity index (χ1) is 11.8. The van der Waals surface area contributed by atoms with E-state index < -0.39 is 17.7 Å². The van der Waals surface area contributed by atoms with Crippen molar-refractivity contribution in [2.75, 3.05) is 13.2 Å². The number of carbonyl (C=O) groups is 2. The van der Waals surface area contributed by atoms with Crippen molar-refractivity contribution in [3.05, 3.63) is 29.8 Å². The lowest BCUT2D eigenvalue weighted by atomic mass is 9.98. The third kappa shape index (κ3) is 5.65. The van der Waals surface area contributed by atoms with E-state index in [2.05, 4.69) is 0 Å². The molecule has 1 atom stereocenters. The highest BCUT2D eigenvalue weighted by molar-refractivity contribution is 5.78. The van der Waals surface area contributed by atoms with Gasteiger partial charge >= 0.3 is 12.1 Å². The second-order valence-electron chi connectivity index (χ2n) is 5.98. The van der Waals surface area contributed by atoms with Crippen LogP contribution in [0.1, 0.15) is 37.7 Å². The standard InChI is InChI=1S/C17H20F3NO4/c18-17(19,20)12-4-3-6-14(10-12)25-11-15(22)21-9-2-1-5-13(21)7-8-16(23)24/h3-4,6,10,13H,1-2,5,7-9,11H2,(H,23,24). The molecular weight excluding hydrogens is 339 g/mol. The Morgan fingerprint density at radius 3 is 2.72 bits per heavy atom. The van der Waals surface area contributed by atoms with Crippen LogP contribution in [0.2, 0.25) is 0 Å². The number of benzene rings is 1. The first-order valence-electron chi connectivity index (χ1n) is 8.08. The fourth-order valence-electron chi connectivity index (χ4n) is 2.91. The van der Waals surface area contributed by atoms with Crippen LogP contribution in [0.25, 0.3) is 0 Å². The first-order valence-corrected chi connectivity index (χ1v) is 8.08. The van der Waals surface area contributed by atoms with Crippen molar-refractivity contribution in [2.24, 2.45) is 0 Å². The summed E-state index contributed by atoms with van der Waals surface area (Å²) in [7, 11) is 0. The molecule has 25 heavy (non-hydrogen) atoms. The summed E-state index contributed by atoms with van der Waals surface area (Å²) in [6.45, 7) is 0.139. The van der Waals surface area contributed by atoms with Crippen molar-refractivity contribution in [1.82, 2.24) is 4.90 Å². The molecule has 1 unspecified atom stereocenters. The number of alkyl halides is 3. The Labute approximate surface area is 143 Å². The average Bonchev–Trinajstić information content (AvgIpc) is 2.57. The van der Waals surface area contributed by atoms with Gasteiger partial charge in [0.25, 0.3) is 5.91 Å². The number of hydrogen-bond acceptors (Lipinski definition) is 3. The molecule has 1 heterocycles. The van der Waals surface area contributed by atoms with Crippen LogP contribution >= 0.6 is 0 Å². The summed E-state index contributed by atoms with van der Waals surface area (Å²) in [6.07, 6.45) is -1.67. The minimum Gasteiger partial charge on any atom is -0.484 e. The number of halogens is 3. The summed E-state index contributed by atoms with van der Waals surface area (Å²) in [5.41, 5.74) is -0.838. The number of rotatable bonds is 6. The highest BCUT2D eigenvalue weighted by Gasteiger charge is 2.31. The number of nitrogens with zero attached hydrogens (tertiary/aromatic N) is 1. The molecule has 5 nitrogen and oxygen atoms in total. The Bertz CT molecular complexity index is 618. The summed E-state index contributed by atoms with van der Waals surface area (Å²) in [5.74, 6) is -1.28. The predicted molar refractivity (Wildman–Crippen MR) is 83.2 cm³/mol. The van der Waals surface area contributed by atoms with Crippen LogP contribution in [0.4, 0.5) is 13.2 Å². The number of hydrogen-bond donors (Lipinski definition) is 1. The predicted octanol–water partition coefficient (Wildman–Crippen LogP) is 3.33. The maximum absolute atomic E-state index is 12.7. The normalized spacial score (nSPS) is 18.0. The third-order valence-corrected chi connectivity index (χ3v) is 4.16. The van der Waals surface area contributed by atoms with Gasteiger partial charge in [0.15, 0.2) is 6.61 Å². The van der Waals surface area contributed by atoms with Crippen molar-refractivity contribution in [1.29, 1.82) is 0 Å². The molecule has 0 saturated carbocycles. The van der Waals surface area contributed by atoms with Gasteiger partial charge in [-0.15, -0.1) is 0 Å². The topological polar surface area (TPSA) is 66.8 Å². The summed E-state index contributed by atoms with van der Waals surface area (Å²) < 4.78 is 43.3. The van der Waals surface area contributed by atoms with Gasteiger partial charge in [-0.2, -0.15) is 13.2 Å². The summed E-state index contributed by atoms with van der Waals surface area (Å²) >= 11 is 0. The highest BCUT2D eigenvalue weighted by Crippen LogP contribution is 2.31. The van der Waals surface area contributed by atoms with E-state index in [0.717, 1.165) is 31.4 Å². The van der Waals surface area contributed by atoms with Gasteiger partial charge < -0.3 is 14.7 Å². The smallest absolute Gasteiger partial charge is 0.416 e. The SMILES string of the molecule is O=C(O)CCC1CCCCN1C(=O)COc1cccc(C(F)(F)F)c1. The molecule has 1 saturated heterocycles. The molecule has 8 heteroatoms. The molecule has 1 aliphatic rings. The number of piperidine rings is 1. The molecule has 0 bridgehead atoms. The molecule has 0 spiro atoms. The molecule has 2 rings (SSSR count). The molecular formula is C17H20F3NO4. The van der Waals surface area contributed by atoms with Crippen LogP contribution < -0.4 is 4.74 Å². The Morgan fingerprint density at radius 1 is 1.28 bits per heavy atom. The molecule has 138 valence electrons. The Hall–Kier alpha value is -2.25. The first kappa shape index (κ1) is 19.1. The maximum atomic E-state index is 12.7. The molecule has 1 aromatic rings. The fourth-order valence-corrected chi connectivity index (χ4v) is 2.91. The van der Waals surface area contributed by atoms with E-state index in [0.29, 0.717) is 13.0 Å². The second kappa shape index (κ2) is 8.22. The van der Waals surface area contributed by atoms with Crippen LogP contribution in [0.3, 0.4) is 0 Å². The van der Waals surface area contributed by atoms with Gasteiger partial charge in [0, 0.05) is 19.0 Å². The van der Waals surface area contributed by atoms with E-state index in [9.17, 15) is 22.8 Å². The number of ether oxygens (including phenoxy) is 1. The van der Waals surface area contributed by atoms with Gasteiger partial charge in [0.05, 0.1) is 5.56 Å². The number of carboxylic acids is 1. The summed E-state index contributed by atoms with van der Waals surface area (Å²) in [5, 5.41) is 8.79. The van der Waals surface area contributed by atoms with Crippen LogP contribution in [-0.4, -0.2) is 41.1 Å². The van der Waals surface area contributed by atoms with Gasteiger partial charge in [0.1, 0.15) is 5.75 Å². The molecule has 1 aromatic carbocycles. The number of likely N-dealkylation sites (tertiary alicyclic amines) is 1. The van der Waals surface area contributed by atoms with Gasteiger partial charge in [-0.05, 0) is 43.9 Å². The van der Waals surface area contributed by atoms with Crippen molar-refractivity contribution in [2.45, 2.75) is 44.3 Å². The van der Waals surface area contributed by atoms with Crippen molar-refractivity contribution < 1.29 is 32.6 Å². The minimum absolute atomic E-state index is 0.0249. The minimum atomic E-state index is -4.47. The van der Waals surface area contributed by atoms with Gasteiger partial charge in [-0.1, -0.05) is 6.07 Å². The lowest BCUT2D eigenvalue weighted by Gasteiger charge is -2.35. The molecule has 1 N–H and O–H groups in total. The van der Waals surface area contributed by atoms with Crippen molar-refractivity contribution in [3.8, 4) is 5.75 Å². The largest absolute Gasteiger partial charge is 0.484 e.